The fourth-order valence-corrected chi connectivity index (χ4v) is 2.10. The minimum absolute atomic E-state index is 0.258. The quantitative estimate of drug-likeness (QED) is 0.563. The van der Waals surface area contributed by atoms with Gasteiger partial charge in [-0.1, -0.05) is 17.2 Å². The molecular formula is C8H9BrN2O2. The van der Waals surface area contributed by atoms with Gasteiger partial charge in [0, 0.05) is 12.3 Å². The van der Waals surface area contributed by atoms with Gasteiger partial charge in [-0.2, -0.15) is 0 Å². The van der Waals surface area contributed by atoms with E-state index in [9.17, 15) is 0 Å². The van der Waals surface area contributed by atoms with E-state index >= 15 is 0 Å². The van der Waals surface area contributed by atoms with Crippen LogP contribution < -0.4 is 0 Å². The normalized spacial score (nSPS) is 24.8. The summed E-state index contributed by atoms with van der Waals surface area (Å²) in [5, 5.41) is 15.9. The maximum absolute atomic E-state index is 8.85. The predicted molar refractivity (Wildman–Crippen MR) is 50.0 cm³/mol. The predicted octanol–water partition coefficient (Wildman–Crippen LogP) is 2.20. The fraction of sp³-hybridized carbons (Fsp3) is 0.500. The number of aryl methyl sites for hydroxylation is 1. The Morgan fingerprint density at radius 2 is 2.46 bits per heavy atom. The van der Waals surface area contributed by atoms with Gasteiger partial charge in [-0.3, -0.25) is 0 Å². The Labute approximate surface area is 83.7 Å². The van der Waals surface area contributed by atoms with Crippen molar-refractivity contribution >= 4 is 21.6 Å². The Kier molecular flexibility index (Phi) is 2.11. The Morgan fingerprint density at radius 3 is 3.15 bits per heavy atom. The van der Waals surface area contributed by atoms with Crippen LogP contribution in [0.3, 0.4) is 0 Å². The van der Waals surface area contributed by atoms with Crippen LogP contribution in [0.15, 0.2) is 14.3 Å². The first-order chi connectivity index (χ1) is 6.24. The SMILES string of the molecule is CC1CCc2onc(Br)c2/C1=N/O. The molecule has 0 amide bonds. The largest absolute Gasteiger partial charge is 0.411 e. The van der Waals surface area contributed by atoms with Crippen LogP contribution >= 0.6 is 15.9 Å². The summed E-state index contributed by atoms with van der Waals surface area (Å²) in [5.41, 5.74) is 1.48. The second-order valence-corrected chi connectivity index (χ2v) is 3.95. The molecule has 0 saturated carbocycles. The molecule has 1 atom stereocenters. The molecule has 70 valence electrons. The average molecular weight is 245 g/mol. The third kappa shape index (κ3) is 1.27. The third-order valence-electron chi connectivity index (χ3n) is 2.36. The molecule has 0 radical (unpaired) electrons. The van der Waals surface area contributed by atoms with Crippen molar-refractivity contribution in [3.63, 3.8) is 0 Å². The number of fused-ring (bicyclic) bond motifs is 1. The molecular weight excluding hydrogens is 236 g/mol. The summed E-state index contributed by atoms with van der Waals surface area (Å²) in [6, 6.07) is 0. The van der Waals surface area contributed by atoms with Crippen molar-refractivity contribution in [1.29, 1.82) is 0 Å². The van der Waals surface area contributed by atoms with Crippen LogP contribution in [0.1, 0.15) is 24.7 Å². The first-order valence-corrected chi connectivity index (χ1v) is 4.89. The minimum atomic E-state index is 0.258. The highest BCUT2D eigenvalue weighted by molar-refractivity contribution is 9.10. The zero-order chi connectivity index (χ0) is 9.42. The van der Waals surface area contributed by atoms with Crippen molar-refractivity contribution in [1.82, 2.24) is 5.16 Å². The Bertz CT molecular complexity index is 359. The highest BCUT2D eigenvalue weighted by atomic mass is 79.9. The van der Waals surface area contributed by atoms with Crippen LogP contribution in [0.4, 0.5) is 0 Å². The number of nitrogens with zero attached hydrogens (tertiary/aromatic N) is 2. The number of hydrogen-bond donors (Lipinski definition) is 1. The van der Waals surface area contributed by atoms with Crippen LogP contribution in [0.2, 0.25) is 0 Å². The molecule has 5 heteroatoms. The van der Waals surface area contributed by atoms with Crippen LogP contribution in [0.5, 0.6) is 0 Å². The lowest BCUT2D eigenvalue weighted by atomic mass is 9.88. The molecule has 1 N–H and O–H groups in total. The van der Waals surface area contributed by atoms with Gasteiger partial charge in [0.25, 0.3) is 0 Å². The standard InChI is InChI=1S/C8H9BrN2O2/c1-4-2-3-5-6(7(4)10-12)8(9)11-13-5/h4,12H,2-3H2,1H3/b10-7+. The van der Waals surface area contributed by atoms with Crippen LogP contribution in [-0.2, 0) is 6.42 Å². The summed E-state index contributed by atoms with van der Waals surface area (Å²) >= 11 is 3.26. The average Bonchev–Trinajstić information content (AvgIpc) is 2.49. The molecule has 1 heterocycles. The lowest BCUT2D eigenvalue weighted by Gasteiger charge is -2.17. The molecule has 1 aromatic rings. The monoisotopic (exact) mass is 244 g/mol. The van der Waals surface area contributed by atoms with E-state index in [0.29, 0.717) is 10.3 Å². The summed E-state index contributed by atoms with van der Waals surface area (Å²) in [5.74, 6) is 1.06. The van der Waals surface area contributed by atoms with Crippen LogP contribution in [0, 0.1) is 5.92 Å². The molecule has 0 saturated heterocycles. The second-order valence-electron chi connectivity index (χ2n) is 3.20. The molecule has 1 unspecified atom stereocenters. The molecule has 1 aromatic heterocycles. The summed E-state index contributed by atoms with van der Waals surface area (Å²) in [4.78, 5) is 0. The molecule has 13 heavy (non-hydrogen) atoms. The van der Waals surface area contributed by atoms with Crippen molar-refractivity contribution < 1.29 is 9.73 Å². The van der Waals surface area contributed by atoms with E-state index in [-0.39, 0.29) is 5.92 Å². The highest BCUT2D eigenvalue weighted by Crippen LogP contribution is 2.30. The number of halogens is 1. The van der Waals surface area contributed by atoms with Gasteiger partial charge in [0.05, 0.1) is 11.3 Å². The number of hydrogen-bond acceptors (Lipinski definition) is 4. The first kappa shape index (κ1) is 8.74. The fourth-order valence-electron chi connectivity index (χ4n) is 1.60. The van der Waals surface area contributed by atoms with E-state index in [1.807, 2.05) is 6.92 Å². The molecule has 1 aliphatic rings. The molecule has 0 aliphatic heterocycles. The summed E-state index contributed by atoms with van der Waals surface area (Å²) in [7, 11) is 0. The molecule has 0 spiro atoms. The zero-order valence-electron chi connectivity index (χ0n) is 7.12. The van der Waals surface area contributed by atoms with E-state index in [1.165, 1.54) is 0 Å². The van der Waals surface area contributed by atoms with Gasteiger partial charge in [0.1, 0.15) is 5.76 Å². The maximum atomic E-state index is 8.85. The van der Waals surface area contributed by atoms with E-state index in [0.717, 1.165) is 24.2 Å². The maximum Gasteiger partial charge on any atom is 0.158 e. The minimum Gasteiger partial charge on any atom is -0.411 e. The molecule has 4 nitrogen and oxygen atoms in total. The van der Waals surface area contributed by atoms with E-state index < -0.39 is 0 Å². The highest BCUT2D eigenvalue weighted by Gasteiger charge is 2.29. The van der Waals surface area contributed by atoms with E-state index in [2.05, 4.69) is 26.2 Å². The van der Waals surface area contributed by atoms with Crippen molar-refractivity contribution in [3.8, 4) is 0 Å². The molecule has 1 aliphatic carbocycles. The summed E-state index contributed by atoms with van der Waals surface area (Å²) in [6.07, 6.45) is 1.79. The number of aromatic nitrogens is 1. The van der Waals surface area contributed by atoms with Gasteiger partial charge >= 0.3 is 0 Å². The van der Waals surface area contributed by atoms with Gasteiger partial charge in [-0.05, 0) is 22.4 Å². The van der Waals surface area contributed by atoms with E-state index in [4.69, 9.17) is 9.73 Å². The van der Waals surface area contributed by atoms with Gasteiger partial charge < -0.3 is 9.73 Å². The van der Waals surface area contributed by atoms with Crippen molar-refractivity contribution in [2.24, 2.45) is 11.1 Å². The molecule has 0 fully saturated rings. The van der Waals surface area contributed by atoms with Crippen molar-refractivity contribution in [2.75, 3.05) is 0 Å². The topological polar surface area (TPSA) is 58.6 Å². The zero-order valence-corrected chi connectivity index (χ0v) is 8.71. The van der Waals surface area contributed by atoms with Gasteiger partial charge in [0.2, 0.25) is 0 Å². The lowest BCUT2D eigenvalue weighted by Crippen LogP contribution is -2.20. The summed E-state index contributed by atoms with van der Waals surface area (Å²) < 4.78 is 5.71. The van der Waals surface area contributed by atoms with Gasteiger partial charge in [-0.15, -0.1) is 0 Å². The lowest BCUT2D eigenvalue weighted by molar-refractivity contribution is 0.312. The molecule has 0 bridgehead atoms. The van der Waals surface area contributed by atoms with E-state index in [1.54, 1.807) is 0 Å². The van der Waals surface area contributed by atoms with Crippen molar-refractivity contribution in [2.45, 2.75) is 19.8 Å². The summed E-state index contributed by atoms with van der Waals surface area (Å²) in [6.45, 7) is 2.03. The molecule has 2 rings (SSSR count). The Morgan fingerprint density at radius 1 is 1.69 bits per heavy atom. The van der Waals surface area contributed by atoms with Crippen LogP contribution in [0.25, 0.3) is 0 Å². The first-order valence-electron chi connectivity index (χ1n) is 4.10. The Balaban J connectivity index is 2.56. The second kappa shape index (κ2) is 3.14. The van der Waals surface area contributed by atoms with Gasteiger partial charge in [-0.25, -0.2) is 0 Å². The smallest absolute Gasteiger partial charge is 0.158 e. The Hall–Kier alpha value is -0.840. The van der Waals surface area contributed by atoms with Crippen molar-refractivity contribution in [3.05, 3.63) is 15.9 Å². The third-order valence-corrected chi connectivity index (χ3v) is 2.90. The van der Waals surface area contributed by atoms with Gasteiger partial charge in [0.15, 0.2) is 4.60 Å². The number of oxime groups is 1. The molecule has 0 aromatic carbocycles. The number of rotatable bonds is 0. The van der Waals surface area contributed by atoms with Crippen LogP contribution in [-0.4, -0.2) is 16.1 Å².